The lowest BCUT2D eigenvalue weighted by Gasteiger charge is -2.33. The fraction of sp³-hybridized carbons (Fsp3) is 0.909. The zero-order chi connectivity index (χ0) is 13.7. The van der Waals surface area contributed by atoms with Crippen LogP contribution in [0.4, 0.5) is 13.2 Å². The topological polar surface area (TPSA) is 46.3 Å². The van der Waals surface area contributed by atoms with Crippen molar-refractivity contribution in [1.29, 1.82) is 0 Å². The van der Waals surface area contributed by atoms with E-state index in [-0.39, 0.29) is 13.1 Å². The van der Waals surface area contributed by atoms with E-state index in [1.807, 2.05) is 0 Å². The number of carbonyl (C=O) groups excluding carboxylic acids is 1. The van der Waals surface area contributed by atoms with Gasteiger partial charge in [0.05, 0.1) is 5.41 Å². The highest BCUT2D eigenvalue weighted by Gasteiger charge is 2.39. The van der Waals surface area contributed by atoms with Gasteiger partial charge in [0.15, 0.2) is 0 Å². The van der Waals surface area contributed by atoms with Gasteiger partial charge in [-0.3, -0.25) is 4.79 Å². The van der Waals surface area contributed by atoms with E-state index >= 15 is 0 Å². The second kappa shape index (κ2) is 6.23. The van der Waals surface area contributed by atoms with Crippen molar-refractivity contribution in [2.45, 2.75) is 39.8 Å². The monoisotopic (exact) mass is 254 g/mol. The number of amides is 1. The number of nitrogens with zero attached hydrogens (tertiary/aromatic N) is 1. The van der Waals surface area contributed by atoms with Crippen LogP contribution < -0.4 is 5.73 Å². The van der Waals surface area contributed by atoms with E-state index in [4.69, 9.17) is 5.73 Å². The summed E-state index contributed by atoms with van der Waals surface area (Å²) in [6.07, 6.45) is -3.44. The Bertz CT molecular complexity index is 250. The predicted molar refractivity (Wildman–Crippen MR) is 60.4 cm³/mol. The van der Waals surface area contributed by atoms with Gasteiger partial charge in [-0.25, -0.2) is 0 Å². The number of alkyl halides is 3. The quantitative estimate of drug-likeness (QED) is 0.789. The average molecular weight is 254 g/mol. The zero-order valence-corrected chi connectivity index (χ0v) is 10.6. The summed E-state index contributed by atoms with van der Waals surface area (Å²) in [6.45, 7) is 4.06. The molecule has 0 aliphatic carbocycles. The lowest BCUT2D eigenvalue weighted by Crippen LogP contribution is -2.49. The molecule has 1 unspecified atom stereocenters. The molecule has 0 aliphatic heterocycles. The van der Waals surface area contributed by atoms with Gasteiger partial charge < -0.3 is 10.6 Å². The number of nitrogens with two attached hydrogens (primary N) is 1. The minimum absolute atomic E-state index is 0.0560. The third kappa shape index (κ3) is 4.93. The van der Waals surface area contributed by atoms with Crippen LogP contribution in [-0.2, 0) is 4.79 Å². The second-order valence-corrected chi connectivity index (χ2v) is 4.46. The van der Waals surface area contributed by atoms with Gasteiger partial charge in [-0.2, -0.15) is 13.2 Å². The molecule has 0 saturated heterocycles. The first-order valence-electron chi connectivity index (χ1n) is 5.76. The summed E-state index contributed by atoms with van der Waals surface area (Å²) in [7, 11) is 0. The molecule has 0 fully saturated rings. The Morgan fingerprint density at radius 2 is 1.82 bits per heavy atom. The molecule has 1 amide bonds. The number of hydrogen-bond donors (Lipinski definition) is 1. The molecule has 0 aliphatic rings. The van der Waals surface area contributed by atoms with E-state index in [0.717, 1.165) is 4.90 Å². The van der Waals surface area contributed by atoms with Gasteiger partial charge in [0.1, 0.15) is 6.54 Å². The molecule has 102 valence electrons. The van der Waals surface area contributed by atoms with Crippen molar-refractivity contribution >= 4 is 5.91 Å². The maximum absolute atomic E-state index is 12.4. The Labute approximate surface area is 100 Å². The van der Waals surface area contributed by atoms with Crippen molar-refractivity contribution in [2.24, 2.45) is 11.1 Å². The smallest absolute Gasteiger partial charge is 0.333 e. The highest BCUT2D eigenvalue weighted by Crippen LogP contribution is 2.25. The fourth-order valence-corrected chi connectivity index (χ4v) is 1.50. The van der Waals surface area contributed by atoms with Crippen LogP contribution in [0.1, 0.15) is 33.6 Å². The third-order valence-electron chi connectivity index (χ3n) is 2.90. The van der Waals surface area contributed by atoms with Gasteiger partial charge in [0, 0.05) is 13.1 Å². The van der Waals surface area contributed by atoms with E-state index in [1.165, 1.54) is 0 Å². The molecule has 0 rings (SSSR count). The highest BCUT2D eigenvalue weighted by molar-refractivity contribution is 5.82. The molecule has 0 bridgehead atoms. The fourth-order valence-electron chi connectivity index (χ4n) is 1.50. The normalized spacial score (nSPS) is 15.5. The van der Waals surface area contributed by atoms with E-state index in [0.29, 0.717) is 12.8 Å². The average Bonchev–Trinajstić information content (AvgIpc) is 2.24. The molecule has 17 heavy (non-hydrogen) atoms. The maximum atomic E-state index is 12.4. The van der Waals surface area contributed by atoms with E-state index in [1.54, 1.807) is 20.8 Å². The molecule has 0 aromatic rings. The molecule has 2 N–H and O–H groups in total. The van der Waals surface area contributed by atoms with Crippen molar-refractivity contribution in [3.63, 3.8) is 0 Å². The van der Waals surface area contributed by atoms with Gasteiger partial charge in [-0.1, -0.05) is 13.8 Å². The van der Waals surface area contributed by atoms with Crippen molar-refractivity contribution in [2.75, 3.05) is 19.6 Å². The highest BCUT2D eigenvalue weighted by atomic mass is 19.4. The second-order valence-electron chi connectivity index (χ2n) is 4.46. The van der Waals surface area contributed by atoms with Crippen LogP contribution in [0.25, 0.3) is 0 Å². The first-order valence-corrected chi connectivity index (χ1v) is 5.76. The molecule has 0 saturated carbocycles. The minimum Gasteiger partial charge on any atom is -0.333 e. The lowest BCUT2D eigenvalue weighted by atomic mass is 9.86. The van der Waals surface area contributed by atoms with Gasteiger partial charge in [-0.05, 0) is 19.8 Å². The van der Waals surface area contributed by atoms with Crippen LogP contribution in [0, 0.1) is 5.41 Å². The Morgan fingerprint density at radius 1 is 1.29 bits per heavy atom. The summed E-state index contributed by atoms with van der Waals surface area (Å²) in [4.78, 5) is 12.9. The van der Waals surface area contributed by atoms with Crippen LogP contribution in [0.15, 0.2) is 0 Å². The van der Waals surface area contributed by atoms with Crippen LogP contribution in [0.3, 0.4) is 0 Å². The number of carbonyl (C=O) groups is 1. The summed E-state index contributed by atoms with van der Waals surface area (Å²) in [5, 5.41) is 0. The summed E-state index contributed by atoms with van der Waals surface area (Å²) in [5.74, 6) is -0.512. The summed E-state index contributed by atoms with van der Waals surface area (Å²) in [5.41, 5.74) is 4.59. The molecule has 0 aromatic heterocycles. The molecule has 1 atom stereocenters. The van der Waals surface area contributed by atoms with Crippen molar-refractivity contribution < 1.29 is 18.0 Å². The van der Waals surface area contributed by atoms with Gasteiger partial charge >= 0.3 is 6.18 Å². The molecule has 0 heterocycles. The Morgan fingerprint density at radius 3 is 2.12 bits per heavy atom. The lowest BCUT2D eigenvalue weighted by molar-refractivity contribution is -0.167. The molecule has 3 nitrogen and oxygen atoms in total. The first-order chi connectivity index (χ1) is 7.70. The molecule has 0 aromatic carbocycles. The van der Waals surface area contributed by atoms with Crippen LogP contribution in [0.2, 0.25) is 0 Å². The van der Waals surface area contributed by atoms with Crippen molar-refractivity contribution in [3.8, 4) is 0 Å². The zero-order valence-electron chi connectivity index (χ0n) is 10.6. The first kappa shape index (κ1) is 16.2. The summed E-state index contributed by atoms with van der Waals surface area (Å²) >= 11 is 0. The Balaban J connectivity index is 4.87. The van der Waals surface area contributed by atoms with Crippen LogP contribution in [-0.4, -0.2) is 36.6 Å². The predicted octanol–water partition coefficient (Wildman–Crippen LogP) is 2.16. The van der Waals surface area contributed by atoms with Gasteiger partial charge in [-0.15, -0.1) is 0 Å². The van der Waals surface area contributed by atoms with E-state index < -0.39 is 24.0 Å². The van der Waals surface area contributed by atoms with E-state index in [9.17, 15) is 18.0 Å². The minimum atomic E-state index is -4.37. The van der Waals surface area contributed by atoms with Gasteiger partial charge in [0.25, 0.3) is 0 Å². The standard InChI is InChI=1S/C11H21F3N2O/c1-4-6-16(8-11(12,13)14)9(17)10(3,5-2)7-15/h4-8,15H2,1-3H3. The molecular weight excluding hydrogens is 233 g/mol. The summed E-state index contributed by atoms with van der Waals surface area (Å²) in [6, 6.07) is 0. The Kier molecular flexibility index (Phi) is 5.95. The van der Waals surface area contributed by atoms with Crippen LogP contribution in [0.5, 0.6) is 0 Å². The third-order valence-corrected chi connectivity index (χ3v) is 2.90. The number of halogens is 3. The van der Waals surface area contributed by atoms with Crippen LogP contribution >= 0.6 is 0 Å². The number of rotatable bonds is 6. The Hall–Kier alpha value is -0.780. The number of hydrogen-bond acceptors (Lipinski definition) is 2. The largest absolute Gasteiger partial charge is 0.406 e. The van der Waals surface area contributed by atoms with Gasteiger partial charge in [0.2, 0.25) is 5.91 Å². The molecule has 0 spiro atoms. The molecule has 0 radical (unpaired) electrons. The summed E-state index contributed by atoms with van der Waals surface area (Å²) < 4.78 is 37.1. The van der Waals surface area contributed by atoms with E-state index in [2.05, 4.69) is 0 Å². The molecule has 6 heteroatoms. The SMILES string of the molecule is CCCN(CC(F)(F)F)C(=O)C(C)(CC)CN. The maximum Gasteiger partial charge on any atom is 0.406 e. The molecular formula is C11H21F3N2O. The van der Waals surface area contributed by atoms with Crippen molar-refractivity contribution in [1.82, 2.24) is 4.90 Å². The van der Waals surface area contributed by atoms with Crippen molar-refractivity contribution in [3.05, 3.63) is 0 Å².